The number of thiazole rings is 1. The van der Waals surface area contributed by atoms with Crippen molar-refractivity contribution < 1.29 is 0 Å². The van der Waals surface area contributed by atoms with Crippen LogP contribution in [0.15, 0.2) is 54.0 Å². The second-order valence-corrected chi connectivity index (χ2v) is 4.30. The van der Waals surface area contributed by atoms with Crippen LogP contribution in [0, 0.1) is 0 Å². The molecule has 1 nitrogen and oxygen atoms in total. The largest absolute Gasteiger partial charge is 0.245 e. The minimum atomic E-state index is 1.09. The number of fused-ring (bicyclic) bond motifs is 1. The van der Waals surface area contributed by atoms with Gasteiger partial charge in [0.2, 0.25) is 0 Å². The van der Waals surface area contributed by atoms with Crippen molar-refractivity contribution in [3.05, 3.63) is 54.0 Å². The number of nitrogens with zero attached hydrogens (tertiary/aromatic N) is 1. The second-order valence-electron chi connectivity index (χ2n) is 3.40. The Hall–Kier alpha value is -1.67. The zero-order valence-electron chi connectivity index (χ0n) is 8.05. The molecule has 1 aromatic rings. The molecule has 1 heterocycles. The summed E-state index contributed by atoms with van der Waals surface area (Å²) >= 11 is 1.68. The van der Waals surface area contributed by atoms with Crippen LogP contribution < -0.4 is 0 Å². The summed E-state index contributed by atoms with van der Waals surface area (Å²) in [6.45, 7) is 0. The fourth-order valence-electron chi connectivity index (χ4n) is 1.70. The first kappa shape index (κ1) is 8.62. The second kappa shape index (κ2) is 3.48. The zero-order chi connectivity index (χ0) is 10.1. The predicted octanol–water partition coefficient (Wildman–Crippen LogP) is 3.91. The molecule has 0 spiro atoms. The van der Waals surface area contributed by atoms with Crippen LogP contribution >= 0.6 is 11.3 Å². The molecular weight excluding hydrogens is 202 g/mol. The molecule has 0 bridgehead atoms. The van der Waals surface area contributed by atoms with Crippen molar-refractivity contribution in [2.45, 2.75) is 0 Å². The molecule has 0 unspecified atom stereocenters. The first-order valence-corrected chi connectivity index (χ1v) is 5.70. The van der Waals surface area contributed by atoms with E-state index >= 15 is 0 Å². The van der Waals surface area contributed by atoms with Crippen LogP contribution in [0.4, 0.5) is 0 Å². The highest BCUT2D eigenvalue weighted by Crippen LogP contribution is 2.32. The normalized spacial score (nSPS) is 10.7. The van der Waals surface area contributed by atoms with Crippen LogP contribution in [0.2, 0.25) is 0 Å². The topological polar surface area (TPSA) is 12.9 Å². The van der Waals surface area contributed by atoms with E-state index in [0.717, 1.165) is 5.01 Å². The van der Waals surface area contributed by atoms with Gasteiger partial charge in [0.05, 0.1) is 0 Å². The minimum Gasteiger partial charge on any atom is -0.245 e. The predicted molar refractivity (Wildman–Crippen MR) is 64.2 cm³/mol. The van der Waals surface area contributed by atoms with Crippen molar-refractivity contribution >= 4 is 11.3 Å². The first-order chi connectivity index (χ1) is 7.43. The van der Waals surface area contributed by atoms with Crippen LogP contribution in [0.5, 0.6) is 0 Å². The Labute approximate surface area is 92.4 Å². The molecule has 0 amide bonds. The summed E-state index contributed by atoms with van der Waals surface area (Å²) in [5, 5.41) is 3.10. The van der Waals surface area contributed by atoms with Gasteiger partial charge < -0.3 is 0 Å². The molecule has 1 aromatic heterocycles. The Morgan fingerprint density at radius 3 is 2.20 bits per heavy atom. The van der Waals surface area contributed by atoms with Crippen molar-refractivity contribution in [3.8, 4) is 21.7 Å². The van der Waals surface area contributed by atoms with Gasteiger partial charge >= 0.3 is 0 Å². The van der Waals surface area contributed by atoms with Gasteiger partial charge in [0.1, 0.15) is 5.01 Å². The lowest BCUT2D eigenvalue weighted by molar-refractivity contribution is 1.42. The molecule has 72 valence electrons. The summed E-state index contributed by atoms with van der Waals surface area (Å²) in [5.74, 6) is 0. The van der Waals surface area contributed by atoms with E-state index in [-0.39, 0.29) is 0 Å². The molecule has 3 rings (SSSR count). The number of aromatic nitrogens is 1. The van der Waals surface area contributed by atoms with Gasteiger partial charge in [0.25, 0.3) is 0 Å². The maximum Gasteiger partial charge on any atom is 0.123 e. The van der Waals surface area contributed by atoms with Crippen molar-refractivity contribution in [1.82, 2.24) is 4.98 Å². The van der Waals surface area contributed by atoms with Crippen molar-refractivity contribution in [2.75, 3.05) is 0 Å². The van der Waals surface area contributed by atoms with Gasteiger partial charge in [0, 0.05) is 17.1 Å². The summed E-state index contributed by atoms with van der Waals surface area (Å²) < 4.78 is 0. The average Bonchev–Trinajstić information content (AvgIpc) is 2.84. The van der Waals surface area contributed by atoms with E-state index in [1.807, 2.05) is 17.6 Å². The number of hydrogen-bond acceptors (Lipinski definition) is 2. The first-order valence-electron chi connectivity index (χ1n) is 4.82. The Kier molecular flexibility index (Phi) is 2.00. The van der Waals surface area contributed by atoms with Gasteiger partial charge in [-0.15, -0.1) is 11.3 Å². The van der Waals surface area contributed by atoms with E-state index in [2.05, 4.69) is 41.4 Å². The highest BCUT2D eigenvalue weighted by atomic mass is 32.1. The van der Waals surface area contributed by atoms with Gasteiger partial charge in [0.15, 0.2) is 0 Å². The number of hydrogen-bond donors (Lipinski definition) is 0. The van der Waals surface area contributed by atoms with E-state index in [0.29, 0.717) is 0 Å². The van der Waals surface area contributed by atoms with Crippen LogP contribution in [0.1, 0.15) is 0 Å². The lowest BCUT2D eigenvalue weighted by atomic mass is 10.2. The van der Waals surface area contributed by atoms with E-state index in [1.165, 1.54) is 16.7 Å². The highest BCUT2D eigenvalue weighted by molar-refractivity contribution is 7.13. The lowest BCUT2D eigenvalue weighted by Crippen LogP contribution is -1.66. The van der Waals surface area contributed by atoms with Gasteiger partial charge in [-0.3, -0.25) is 0 Å². The van der Waals surface area contributed by atoms with Crippen LogP contribution in [-0.4, -0.2) is 4.98 Å². The van der Waals surface area contributed by atoms with Crippen LogP contribution in [-0.2, 0) is 0 Å². The SMILES string of the molecule is c1ccc2cc(-c3nccs3)cc-2cc1. The molecule has 0 saturated heterocycles. The molecular formula is C13H9NS. The summed E-state index contributed by atoms with van der Waals surface area (Å²) in [4.78, 5) is 4.32. The van der Waals surface area contributed by atoms with Gasteiger partial charge in [-0.1, -0.05) is 30.3 Å². The average molecular weight is 211 g/mol. The zero-order valence-corrected chi connectivity index (χ0v) is 8.87. The minimum absolute atomic E-state index is 1.09. The van der Waals surface area contributed by atoms with E-state index in [4.69, 9.17) is 0 Å². The third-order valence-electron chi connectivity index (χ3n) is 2.41. The number of rotatable bonds is 1. The smallest absolute Gasteiger partial charge is 0.123 e. The molecule has 2 heteroatoms. The third kappa shape index (κ3) is 1.53. The van der Waals surface area contributed by atoms with Gasteiger partial charge in [-0.2, -0.15) is 0 Å². The molecule has 0 saturated carbocycles. The fraction of sp³-hybridized carbons (Fsp3) is 0. The highest BCUT2D eigenvalue weighted by Gasteiger charge is 2.07. The quantitative estimate of drug-likeness (QED) is 0.594. The summed E-state index contributed by atoms with van der Waals surface area (Å²) in [5.41, 5.74) is 3.75. The molecule has 2 aliphatic rings. The molecule has 0 atom stereocenters. The Bertz CT molecular complexity index is 512. The summed E-state index contributed by atoms with van der Waals surface area (Å²) in [6, 6.07) is 14.8. The lowest BCUT2D eigenvalue weighted by Gasteiger charge is -1.85. The molecule has 2 aliphatic carbocycles. The van der Waals surface area contributed by atoms with Crippen molar-refractivity contribution in [1.29, 1.82) is 0 Å². The maximum absolute atomic E-state index is 4.32. The Balaban J connectivity index is 2.20. The van der Waals surface area contributed by atoms with Crippen LogP contribution in [0.3, 0.4) is 0 Å². The maximum atomic E-state index is 4.32. The van der Waals surface area contributed by atoms with E-state index in [1.54, 1.807) is 11.3 Å². The fourth-order valence-corrected chi connectivity index (χ4v) is 2.33. The molecule has 0 aliphatic heterocycles. The Morgan fingerprint density at radius 2 is 1.60 bits per heavy atom. The monoisotopic (exact) mass is 211 g/mol. The van der Waals surface area contributed by atoms with Gasteiger partial charge in [-0.05, 0) is 23.3 Å². The van der Waals surface area contributed by atoms with Crippen LogP contribution in [0.25, 0.3) is 21.7 Å². The summed E-state index contributed by atoms with van der Waals surface area (Å²) in [6.07, 6.45) is 1.84. The van der Waals surface area contributed by atoms with Crippen molar-refractivity contribution in [2.24, 2.45) is 0 Å². The molecule has 0 aromatic carbocycles. The molecule has 0 N–H and O–H groups in total. The molecule has 15 heavy (non-hydrogen) atoms. The molecule has 0 fully saturated rings. The molecule has 0 radical (unpaired) electrons. The van der Waals surface area contributed by atoms with Gasteiger partial charge in [-0.25, -0.2) is 4.98 Å². The van der Waals surface area contributed by atoms with Crippen molar-refractivity contribution in [3.63, 3.8) is 0 Å². The van der Waals surface area contributed by atoms with E-state index in [9.17, 15) is 0 Å². The van der Waals surface area contributed by atoms with E-state index < -0.39 is 0 Å². The summed E-state index contributed by atoms with van der Waals surface area (Å²) in [7, 11) is 0. The standard InChI is InChI=1S/C13H9NS/c1-2-4-10-8-12(9-11(10)5-3-1)13-14-6-7-15-13/h1-9H. The Morgan fingerprint density at radius 1 is 0.867 bits per heavy atom. The third-order valence-corrected chi connectivity index (χ3v) is 3.23.